The molecule has 3 rings (SSSR count). The molecule has 2 aliphatic rings. The molecule has 1 unspecified atom stereocenters. The van der Waals surface area contributed by atoms with E-state index < -0.39 is 10.0 Å². The summed E-state index contributed by atoms with van der Waals surface area (Å²) in [4.78, 5) is 14.6. The van der Waals surface area contributed by atoms with E-state index in [1.54, 1.807) is 17.0 Å². The molecule has 1 amide bonds. The van der Waals surface area contributed by atoms with Crippen LogP contribution in [0.4, 0.5) is 0 Å². The topological polar surface area (TPSA) is 69.7 Å². The van der Waals surface area contributed by atoms with Crippen molar-refractivity contribution in [3.8, 4) is 0 Å². The zero-order valence-electron chi connectivity index (χ0n) is 15.8. The average molecular weight is 434 g/mol. The lowest BCUT2D eigenvalue weighted by Crippen LogP contribution is -2.52. The SMILES string of the molecule is Cc1ccc(S(=O)(=O)N2CCN(C(=O)CC3CSCCN3)CC2)cc1C.Cl. The summed E-state index contributed by atoms with van der Waals surface area (Å²) in [5, 5.41) is 3.38. The molecule has 2 heterocycles. The lowest BCUT2D eigenvalue weighted by Gasteiger charge is -2.35. The van der Waals surface area contributed by atoms with Crippen molar-refractivity contribution >= 4 is 40.1 Å². The molecule has 2 saturated heterocycles. The maximum atomic E-state index is 12.9. The van der Waals surface area contributed by atoms with Gasteiger partial charge in [0.25, 0.3) is 0 Å². The highest BCUT2D eigenvalue weighted by Crippen LogP contribution is 2.21. The first-order valence-corrected chi connectivity index (χ1v) is 11.6. The van der Waals surface area contributed by atoms with Crippen LogP contribution in [0, 0.1) is 13.8 Å². The van der Waals surface area contributed by atoms with Crippen molar-refractivity contribution < 1.29 is 13.2 Å². The van der Waals surface area contributed by atoms with Crippen molar-refractivity contribution in [1.82, 2.24) is 14.5 Å². The number of halogens is 1. The van der Waals surface area contributed by atoms with Crippen LogP contribution in [0.3, 0.4) is 0 Å². The Morgan fingerprint density at radius 2 is 1.89 bits per heavy atom. The van der Waals surface area contributed by atoms with Gasteiger partial charge in [0, 0.05) is 56.7 Å². The Morgan fingerprint density at radius 3 is 2.48 bits per heavy atom. The van der Waals surface area contributed by atoms with Gasteiger partial charge in [-0.1, -0.05) is 6.07 Å². The second kappa shape index (κ2) is 9.60. The maximum absolute atomic E-state index is 12.9. The molecule has 1 atom stereocenters. The second-order valence-corrected chi connectivity index (χ2v) is 10.0. The Balaban J connectivity index is 0.00000261. The number of piperazine rings is 1. The largest absolute Gasteiger partial charge is 0.340 e. The average Bonchev–Trinajstić information content (AvgIpc) is 2.65. The molecule has 152 valence electrons. The first-order valence-electron chi connectivity index (χ1n) is 9.04. The summed E-state index contributed by atoms with van der Waals surface area (Å²) < 4.78 is 27.2. The summed E-state index contributed by atoms with van der Waals surface area (Å²) in [6.07, 6.45) is 0.497. The highest BCUT2D eigenvalue weighted by molar-refractivity contribution is 7.99. The van der Waals surface area contributed by atoms with Crippen LogP contribution in [0.2, 0.25) is 0 Å². The predicted octanol–water partition coefficient (Wildman–Crippen LogP) is 1.65. The molecule has 1 aromatic rings. The van der Waals surface area contributed by atoms with Crippen molar-refractivity contribution in [3.63, 3.8) is 0 Å². The number of nitrogens with one attached hydrogen (secondary N) is 1. The summed E-state index contributed by atoms with van der Waals surface area (Å²) in [7, 11) is -3.50. The fourth-order valence-corrected chi connectivity index (χ4v) is 5.75. The predicted molar refractivity (Wildman–Crippen MR) is 112 cm³/mol. The van der Waals surface area contributed by atoms with E-state index in [-0.39, 0.29) is 24.4 Å². The van der Waals surface area contributed by atoms with Crippen LogP contribution in [0.1, 0.15) is 17.5 Å². The van der Waals surface area contributed by atoms with E-state index in [1.165, 1.54) is 4.31 Å². The van der Waals surface area contributed by atoms with Gasteiger partial charge in [-0.2, -0.15) is 16.1 Å². The summed E-state index contributed by atoms with van der Waals surface area (Å²) in [6, 6.07) is 5.48. The number of aryl methyl sites for hydroxylation is 2. The second-order valence-electron chi connectivity index (χ2n) is 6.96. The summed E-state index contributed by atoms with van der Waals surface area (Å²) in [5.41, 5.74) is 2.05. The molecular formula is C18H28ClN3O3S2. The monoisotopic (exact) mass is 433 g/mol. The van der Waals surface area contributed by atoms with Gasteiger partial charge in [0.1, 0.15) is 0 Å². The Labute approximate surface area is 172 Å². The Bertz CT molecular complexity index is 759. The molecule has 2 aliphatic heterocycles. The van der Waals surface area contributed by atoms with Gasteiger partial charge in [-0.05, 0) is 37.1 Å². The van der Waals surface area contributed by atoms with Gasteiger partial charge in [0.2, 0.25) is 15.9 Å². The minimum atomic E-state index is -3.50. The van der Waals surface area contributed by atoms with Crippen LogP contribution in [-0.2, 0) is 14.8 Å². The molecule has 6 nitrogen and oxygen atoms in total. The lowest BCUT2D eigenvalue weighted by molar-refractivity contribution is -0.132. The first kappa shape index (κ1) is 22.5. The number of carbonyl (C=O) groups is 1. The van der Waals surface area contributed by atoms with Crippen molar-refractivity contribution in [2.45, 2.75) is 31.2 Å². The standard InChI is InChI=1S/C18H27N3O3S2.ClH/c1-14-3-4-17(11-15(14)2)26(23,24)21-8-6-20(7-9-21)18(22)12-16-13-25-10-5-19-16;/h3-4,11,16,19H,5-10,12-13H2,1-2H3;1H. The van der Waals surface area contributed by atoms with Gasteiger partial charge in [0.05, 0.1) is 4.90 Å². The van der Waals surface area contributed by atoms with E-state index in [4.69, 9.17) is 0 Å². The number of nitrogens with zero attached hydrogens (tertiary/aromatic N) is 2. The molecule has 2 fully saturated rings. The van der Waals surface area contributed by atoms with Gasteiger partial charge in [-0.25, -0.2) is 8.42 Å². The molecule has 0 radical (unpaired) electrons. The third-order valence-corrected chi connectivity index (χ3v) is 8.15. The van der Waals surface area contributed by atoms with Gasteiger partial charge < -0.3 is 10.2 Å². The van der Waals surface area contributed by atoms with Crippen LogP contribution in [0.25, 0.3) is 0 Å². The zero-order chi connectivity index (χ0) is 18.7. The number of carbonyl (C=O) groups excluding carboxylic acids is 1. The molecule has 27 heavy (non-hydrogen) atoms. The minimum absolute atomic E-state index is 0. The molecule has 0 saturated carbocycles. The van der Waals surface area contributed by atoms with Crippen molar-refractivity contribution in [2.24, 2.45) is 0 Å². The van der Waals surface area contributed by atoms with E-state index >= 15 is 0 Å². The van der Waals surface area contributed by atoms with E-state index in [1.807, 2.05) is 31.7 Å². The molecule has 0 spiro atoms. The minimum Gasteiger partial charge on any atom is -0.340 e. The van der Waals surface area contributed by atoms with Crippen molar-refractivity contribution in [2.75, 3.05) is 44.2 Å². The molecule has 0 aromatic heterocycles. The number of amides is 1. The van der Waals surface area contributed by atoms with Gasteiger partial charge in [0.15, 0.2) is 0 Å². The van der Waals surface area contributed by atoms with E-state index in [9.17, 15) is 13.2 Å². The lowest BCUT2D eigenvalue weighted by atomic mass is 10.1. The highest BCUT2D eigenvalue weighted by Gasteiger charge is 2.31. The van der Waals surface area contributed by atoms with Gasteiger partial charge >= 0.3 is 0 Å². The van der Waals surface area contributed by atoms with E-state index in [0.717, 1.165) is 29.2 Å². The molecule has 0 aliphatic carbocycles. The first-order chi connectivity index (χ1) is 12.4. The summed E-state index contributed by atoms with van der Waals surface area (Å²) >= 11 is 1.87. The van der Waals surface area contributed by atoms with Crippen LogP contribution < -0.4 is 5.32 Å². The van der Waals surface area contributed by atoms with E-state index in [0.29, 0.717) is 37.5 Å². The van der Waals surface area contributed by atoms with E-state index in [2.05, 4.69) is 5.32 Å². The van der Waals surface area contributed by atoms with Crippen LogP contribution >= 0.6 is 24.2 Å². The quantitative estimate of drug-likeness (QED) is 0.781. The third kappa shape index (κ3) is 5.38. The number of hydrogen-bond acceptors (Lipinski definition) is 5. The number of sulfonamides is 1. The fraction of sp³-hybridized carbons (Fsp3) is 0.611. The third-order valence-electron chi connectivity index (χ3n) is 5.13. The van der Waals surface area contributed by atoms with Gasteiger partial charge in [-0.3, -0.25) is 4.79 Å². The van der Waals surface area contributed by atoms with Crippen LogP contribution in [0.5, 0.6) is 0 Å². The fourth-order valence-electron chi connectivity index (χ4n) is 3.29. The summed E-state index contributed by atoms with van der Waals surface area (Å²) in [5.74, 6) is 2.18. The number of hydrogen-bond donors (Lipinski definition) is 1. The van der Waals surface area contributed by atoms with Gasteiger partial charge in [-0.15, -0.1) is 12.4 Å². The number of rotatable bonds is 4. The van der Waals surface area contributed by atoms with Crippen LogP contribution in [-0.4, -0.2) is 73.8 Å². The maximum Gasteiger partial charge on any atom is 0.243 e. The highest BCUT2D eigenvalue weighted by atomic mass is 35.5. The van der Waals surface area contributed by atoms with Crippen LogP contribution in [0.15, 0.2) is 23.1 Å². The molecule has 9 heteroatoms. The smallest absolute Gasteiger partial charge is 0.243 e. The summed E-state index contributed by atoms with van der Waals surface area (Å²) in [6.45, 7) is 6.47. The molecule has 1 N–H and O–H groups in total. The van der Waals surface area contributed by atoms with Crippen molar-refractivity contribution in [3.05, 3.63) is 29.3 Å². The molecule has 1 aromatic carbocycles. The Kier molecular flexibility index (Phi) is 8.00. The number of thioether (sulfide) groups is 1. The van der Waals surface area contributed by atoms with Crippen molar-refractivity contribution in [1.29, 1.82) is 0 Å². The normalized spacial score (nSPS) is 21.6. The zero-order valence-corrected chi connectivity index (χ0v) is 18.3. The Hall–Kier alpha value is -0.800. The molecular weight excluding hydrogens is 406 g/mol. The molecule has 0 bridgehead atoms. The Morgan fingerprint density at radius 1 is 1.19 bits per heavy atom. The number of benzene rings is 1.